The molecule has 0 N–H and O–H groups in total. The SMILES string of the molecule is CC(C)(C)c1ccc(=O)n(CC2CN(c3ccnc(C4CCC4)n3)C2)n1. The van der Waals surface area contributed by atoms with Crippen LogP contribution in [0.5, 0.6) is 0 Å². The number of nitrogens with zero attached hydrogens (tertiary/aromatic N) is 5. The van der Waals surface area contributed by atoms with Gasteiger partial charge in [-0.3, -0.25) is 4.79 Å². The number of hydrogen-bond donors (Lipinski definition) is 0. The van der Waals surface area contributed by atoms with Gasteiger partial charge in [0.2, 0.25) is 0 Å². The molecule has 0 amide bonds. The molecular weight excluding hydrogens is 326 g/mol. The van der Waals surface area contributed by atoms with Crippen molar-refractivity contribution in [2.45, 2.75) is 57.9 Å². The summed E-state index contributed by atoms with van der Waals surface area (Å²) in [5, 5.41) is 4.58. The molecule has 138 valence electrons. The predicted molar refractivity (Wildman–Crippen MR) is 102 cm³/mol. The van der Waals surface area contributed by atoms with E-state index in [0.29, 0.717) is 18.4 Å². The number of rotatable bonds is 4. The van der Waals surface area contributed by atoms with E-state index in [4.69, 9.17) is 4.98 Å². The monoisotopic (exact) mass is 353 g/mol. The Morgan fingerprint density at radius 3 is 2.58 bits per heavy atom. The standard InChI is InChI=1S/C20H27N5O/c1-20(2,3)16-7-8-18(26)25(23-16)13-14-11-24(12-14)17-9-10-21-19(22-17)15-5-4-6-15/h7-10,14-15H,4-6,11-13H2,1-3H3. The molecule has 3 heterocycles. The molecule has 1 aliphatic carbocycles. The summed E-state index contributed by atoms with van der Waals surface area (Å²) in [6, 6.07) is 5.47. The van der Waals surface area contributed by atoms with Gasteiger partial charge in [-0.25, -0.2) is 14.6 Å². The van der Waals surface area contributed by atoms with Crippen molar-refractivity contribution in [2.75, 3.05) is 18.0 Å². The number of anilines is 1. The van der Waals surface area contributed by atoms with Crippen molar-refractivity contribution < 1.29 is 0 Å². The van der Waals surface area contributed by atoms with Crippen molar-refractivity contribution >= 4 is 5.82 Å². The molecule has 2 aliphatic rings. The van der Waals surface area contributed by atoms with Crippen LogP contribution in [0, 0.1) is 5.92 Å². The molecule has 0 unspecified atom stereocenters. The van der Waals surface area contributed by atoms with Crippen molar-refractivity contribution in [1.82, 2.24) is 19.7 Å². The molecule has 4 rings (SSSR count). The summed E-state index contributed by atoms with van der Waals surface area (Å²) >= 11 is 0. The maximum absolute atomic E-state index is 12.2. The minimum atomic E-state index is -0.0556. The molecule has 0 radical (unpaired) electrons. The first-order valence-electron chi connectivity index (χ1n) is 9.57. The average molecular weight is 353 g/mol. The van der Waals surface area contributed by atoms with E-state index in [1.165, 1.54) is 19.3 Å². The molecule has 0 spiro atoms. The van der Waals surface area contributed by atoms with Crippen molar-refractivity contribution in [3.8, 4) is 0 Å². The third-order valence-corrected chi connectivity index (χ3v) is 5.48. The first-order chi connectivity index (χ1) is 12.4. The molecule has 6 heteroatoms. The molecule has 2 aromatic rings. The van der Waals surface area contributed by atoms with E-state index in [0.717, 1.165) is 30.4 Å². The molecule has 26 heavy (non-hydrogen) atoms. The van der Waals surface area contributed by atoms with E-state index in [1.807, 2.05) is 18.3 Å². The second kappa shape index (κ2) is 6.49. The van der Waals surface area contributed by atoms with Gasteiger partial charge >= 0.3 is 0 Å². The minimum Gasteiger partial charge on any atom is -0.356 e. The molecule has 2 aromatic heterocycles. The van der Waals surface area contributed by atoms with Gasteiger partial charge in [-0.1, -0.05) is 27.2 Å². The Labute approximate surface area is 154 Å². The van der Waals surface area contributed by atoms with Crippen molar-refractivity contribution in [3.63, 3.8) is 0 Å². The predicted octanol–water partition coefficient (Wildman–Crippen LogP) is 2.73. The largest absolute Gasteiger partial charge is 0.356 e. The van der Waals surface area contributed by atoms with Gasteiger partial charge < -0.3 is 4.90 Å². The van der Waals surface area contributed by atoms with E-state index in [9.17, 15) is 4.79 Å². The third kappa shape index (κ3) is 3.37. The van der Waals surface area contributed by atoms with Crippen LogP contribution in [0.15, 0.2) is 29.2 Å². The molecule has 1 aliphatic heterocycles. The quantitative estimate of drug-likeness (QED) is 0.846. The van der Waals surface area contributed by atoms with Crippen LogP contribution in [-0.2, 0) is 12.0 Å². The Balaban J connectivity index is 1.41. The molecular formula is C20H27N5O. The van der Waals surface area contributed by atoms with Crippen LogP contribution in [0.1, 0.15) is 57.5 Å². The summed E-state index contributed by atoms with van der Waals surface area (Å²) in [4.78, 5) is 23.6. The van der Waals surface area contributed by atoms with Crippen LogP contribution in [-0.4, -0.2) is 32.8 Å². The van der Waals surface area contributed by atoms with Crippen molar-refractivity contribution in [2.24, 2.45) is 5.92 Å². The van der Waals surface area contributed by atoms with E-state index in [2.05, 4.69) is 35.8 Å². The second-order valence-electron chi connectivity index (χ2n) is 8.66. The maximum atomic E-state index is 12.2. The fraction of sp³-hybridized carbons (Fsp3) is 0.600. The lowest BCUT2D eigenvalue weighted by Gasteiger charge is -2.40. The van der Waals surface area contributed by atoms with E-state index >= 15 is 0 Å². The molecule has 6 nitrogen and oxygen atoms in total. The Kier molecular flexibility index (Phi) is 4.29. The fourth-order valence-electron chi connectivity index (χ4n) is 3.50. The van der Waals surface area contributed by atoms with Gasteiger partial charge in [-0.15, -0.1) is 0 Å². The topological polar surface area (TPSA) is 63.9 Å². The van der Waals surface area contributed by atoms with Crippen LogP contribution in [0.2, 0.25) is 0 Å². The summed E-state index contributed by atoms with van der Waals surface area (Å²) in [6.07, 6.45) is 5.59. The Morgan fingerprint density at radius 1 is 1.15 bits per heavy atom. The first-order valence-corrected chi connectivity index (χ1v) is 9.57. The summed E-state index contributed by atoms with van der Waals surface area (Å²) in [6.45, 7) is 8.84. The summed E-state index contributed by atoms with van der Waals surface area (Å²) in [5.74, 6) is 2.99. The van der Waals surface area contributed by atoms with Crippen LogP contribution in [0.25, 0.3) is 0 Å². The van der Waals surface area contributed by atoms with Gasteiger partial charge in [0.05, 0.1) is 12.2 Å². The van der Waals surface area contributed by atoms with E-state index in [-0.39, 0.29) is 11.0 Å². The van der Waals surface area contributed by atoms with Crippen molar-refractivity contribution in [3.05, 3.63) is 46.3 Å². The van der Waals surface area contributed by atoms with Gasteiger partial charge in [-0.2, -0.15) is 5.10 Å². The molecule has 0 aromatic carbocycles. The zero-order valence-electron chi connectivity index (χ0n) is 15.9. The minimum absolute atomic E-state index is 0.0224. The summed E-state index contributed by atoms with van der Waals surface area (Å²) in [5.41, 5.74) is 0.875. The molecule has 2 fully saturated rings. The Morgan fingerprint density at radius 2 is 1.92 bits per heavy atom. The van der Waals surface area contributed by atoms with E-state index < -0.39 is 0 Å². The van der Waals surface area contributed by atoms with Crippen LogP contribution in [0.4, 0.5) is 5.82 Å². The van der Waals surface area contributed by atoms with Gasteiger partial charge in [0.1, 0.15) is 11.6 Å². The maximum Gasteiger partial charge on any atom is 0.266 e. The smallest absolute Gasteiger partial charge is 0.266 e. The molecule has 0 bridgehead atoms. The van der Waals surface area contributed by atoms with Gasteiger partial charge in [0.15, 0.2) is 0 Å². The second-order valence-corrected chi connectivity index (χ2v) is 8.66. The first kappa shape index (κ1) is 17.2. The summed E-state index contributed by atoms with van der Waals surface area (Å²) in [7, 11) is 0. The highest BCUT2D eigenvalue weighted by molar-refractivity contribution is 5.41. The lowest BCUT2D eigenvalue weighted by atomic mass is 9.85. The highest BCUT2D eigenvalue weighted by Crippen LogP contribution is 2.35. The lowest BCUT2D eigenvalue weighted by Crippen LogP contribution is -2.50. The van der Waals surface area contributed by atoms with Gasteiger partial charge in [0, 0.05) is 42.6 Å². The molecule has 0 atom stereocenters. The highest BCUT2D eigenvalue weighted by atomic mass is 16.1. The molecule has 1 saturated carbocycles. The number of hydrogen-bond acceptors (Lipinski definition) is 5. The average Bonchev–Trinajstić information content (AvgIpc) is 2.49. The van der Waals surface area contributed by atoms with Gasteiger partial charge in [0.25, 0.3) is 5.56 Å². The highest BCUT2D eigenvalue weighted by Gasteiger charge is 2.30. The normalized spacial score (nSPS) is 18.5. The Bertz CT molecular complexity index is 844. The zero-order valence-corrected chi connectivity index (χ0v) is 15.9. The van der Waals surface area contributed by atoms with Crippen LogP contribution in [0.3, 0.4) is 0 Å². The third-order valence-electron chi connectivity index (χ3n) is 5.48. The van der Waals surface area contributed by atoms with E-state index in [1.54, 1.807) is 10.7 Å². The lowest BCUT2D eigenvalue weighted by molar-refractivity contribution is 0.326. The number of aromatic nitrogens is 4. The van der Waals surface area contributed by atoms with Crippen LogP contribution >= 0.6 is 0 Å². The summed E-state index contributed by atoms with van der Waals surface area (Å²) < 4.78 is 1.63. The van der Waals surface area contributed by atoms with Crippen LogP contribution < -0.4 is 10.5 Å². The Hall–Kier alpha value is -2.24. The molecule has 1 saturated heterocycles. The fourth-order valence-corrected chi connectivity index (χ4v) is 3.50. The zero-order chi connectivity index (χ0) is 18.3. The van der Waals surface area contributed by atoms with Gasteiger partial charge in [-0.05, 0) is 25.0 Å². The van der Waals surface area contributed by atoms with Crippen molar-refractivity contribution in [1.29, 1.82) is 0 Å².